The Kier molecular flexibility index (Phi) is 8.72. The van der Waals surface area contributed by atoms with Crippen LogP contribution in [0.5, 0.6) is 11.5 Å². The molecular weight excluding hydrogens is 500 g/mol. The van der Waals surface area contributed by atoms with Crippen molar-refractivity contribution >= 4 is 17.3 Å². The van der Waals surface area contributed by atoms with E-state index >= 15 is 0 Å². The lowest BCUT2D eigenvalue weighted by Crippen LogP contribution is -1.97. The quantitative estimate of drug-likeness (QED) is 0.187. The van der Waals surface area contributed by atoms with Crippen LogP contribution in [0.2, 0.25) is 0 Å². The molecule has 0 atom stereocenters. The monoisotopic (exact) mass is 532 g/mol. The zero-order valence-corrected chi connectivity index (χ0v) is 22.6. The second kappa shape index (κ2) is 12.9. The number of rotatable bonds is 7. The largest absolute Gasteiger partial charge is 0.489 e. The van der Waals surface area contributed by atoms with E-state index in [0.717, 1.165) is 64.2 Å². The Morgan fingerprint density at radius 3 is 1.77 bits per heavy atom. The maximum Gasteiger partial charge on any atom is 0.330 e. The van der Waals surface area contributed by atoms with Crippen molar-refractivity contribution in [2.75, 3.05) is 7.11 Å². The van der Waals surface area contributed by atoms with E-state index in [2.05, 4.69) is 6.07 Å². The minimum absolute atomic E-state index is 0.232. The van der Waals surface area contributed by atoms with Crippen molar-refractivity contribution in [2.24, 2.45) is 0 Å². The molecule has 0 bridgehead atoms. The van der Waals surface area contributed by atoms with E-state index < -0.39 is 0 Å². The first-order valence-corrected chi connectivity index (χ1v) is 13.5. The van der Waals surface area contributed by atoms with E-state index in [0.29, 0.717) is 19.6 Å². The van der Waals surface area contributed by atoms with Gasteiger partial charge in [-0.25, -0.2) is 4.79 Å². The number of fused-ring (bicyclic) bond motifs is 2. The standard InChI is InChI=1S/C19H18O3.C16H14O2/c1-21-19(20)11-16-8-7-15-9-10-17(12-18(15)16)22-13-14-5-3-2-4-6-14;17-16-9-7-13-6-8-14(10-15(13)16)18-11-12-4-2-1-3-5-12/h2-6,9-12H,7-8,13H2,1H3;1-6,8,10H,7,9,11H2. The summed E-state index contributed by atoms with van der Waals surface area (Å²) in [5.74, 6) is 1.52. The van der Waals surface area contributed by atoms with Crippen molar-refractivity contribution < 1.29 is 23.8 Å². The van der Waals surface area contributed by atoms with Crippen molar-refractivity contribution in [1.29, 1.82) is 0 Å². The molecule has 0 aromatic heterocycles. The predicted molar refractivity (Wildman–Crippen MR) is 155 cm³/mol. The highest BCUT2D eigenvalue weighted by Crippen LogP contribution is 2.35. The zero-order valence-electron chi connectivity index (χ0n) is 22.6. The average molecular weight is 533 g/mol. The first-order chi connectivity index (χ1) is 19.6. The minimum Gasteiger partial charge on any atom is -0.489 e. The number of Topliss-reactive ketones (excluding diaryl/α,β-unsaturated/α-hetero) is 1. The van der Waals surface area contributed by atoms with E-state index in [1.165, 1.54) is 12.7 Å². The molecule has 0 N–H and O–H groups in total. The first-order valence-electron chi connectivity index (χ1n) is 13.5. The van der Waals surface area contributed by atoms with Crippen molar-refractivity contribution in [1.82, 2.24) is 0 Å². The summed E-state index contributed by atoms with van der Waals surface area (Å²) < 4.78 is 16.3. The maximum absolute atomic E-state index is 11.6. The van der Waals surface area contributed by atoms with E-state index in [-0.39, 0.29) is 11.8 Å². The van der Waals surface area contributed by atoms with Gasteiger partial charge in [0.2, 0.25) is 0 Å². The molecule has 0 unspecified atom stereocenters. The van der Waals surface area contributed by atoms with Gasteiger partial charge in [-0.05, 0) is 76.9 Å². The molecule has 0 amide bonds. The average Bonchev–Trinajstić information content (AvgIpc) is 3.58. The summed E-state index contributed by atoms with van der Waals surface area (Å²) >= 11 is 0. The van der Waals surface area contributed by atoms with Gasteiger partial charge in [-0.2, -0.15) is 0 Å². The molecule has 5 nitrogen and oxygen atoms in total. The van der Waals surface area contributed by atoms with Gasteiger partial charge in [0.1, 0.15) is 24.7 Å². The molecule has 202 valence electrons. The van der Waals surface area contributed by atoms with Gasteiger partial charge in [0.05, 0.1) is 7.11 Å². The highest BCUT2D eigenvalue weighted by atomic mass is 16.5. The Morgan fingerprint density at radius 1 is 0.675 bits per heavy atom. The minimum atomic E-state index is -0.307. The van der Waals surface area contributed by atoms with E-state index in [1.807, 2.05) is 91.0 Å². The third kappa shape index (κ3) is 6.86. The molecule has 0 saturated carbocycles. The van der Waals surface area contributed by atoms with Crippen LogP contribution in [0.3, 0.4) is 0 Å². The second-order valence-corrected chi connectivity index (χ2v) is 9.80. The van der Waals surface area contributed by atoms with Gasteiger partial charge in [0.25, 0.3) is 0 Å². The van der Waals surface area contributed by atoms with Crippen molar-refractivity contribution in [3.05, 3.63) is 137 Å². The van der Waals surface area contributed by atoms with Crippen molar-refractivity contribution in [3.63, 3.8) is 0 Å². The number of ketones is 1. The number of allylic oxidation sites excluding steroid dienone is 1. The van der Waals surface area contributed by atoms with Crippen molar-refractivity contribution in [2.45, 2.75) is 38.9 Å². The van der Waals surface area contributed by atoms with Crippen LogP contribution in [-0.2, 0) is 35.6 Å². The fourth-order valence-corrected chi connectivity index (χ4v) is 4.90. The molecule has 0 spiro atoms. The fourth-order valence-electron chi connectivity index (χ4n) is 4.90. The van der Waals surface area contributed by atoms with Crippen LogP contribution < -0.4 is 9.47 Å². The van der Waals surface area contributed by atoms with Crippen LogP contribution in [0.25, 0.3) is 5.57 Å². The molecule has 4 aromatic rings. The Labute approximate surface area is 235 Å². The summed E-state index contributed by atoms with van der Waals surface area (Å²) in [5.41, 5.74) is 7.61. The van der Waals surface area contributed by atoms with Gasteiger partial charge in [-0.1, -0.05) is 72.8 Å². The fraction of sp³-hybridized carbons (Fsp3) is 0.200. The molecule has 2 aliphatic rings. The molecule has 5 heteroatoms. The number of aryl methyl sites for hydroxylation is 2. The van der Waals surface area contributed by atoms with Gasteiger partial charge in [0, 0.05) is 18.1 Å². The Morgan fingerprint density at radius 2 is 1.20 bits per heavy atom. The Bertz CT molecular complexity index is 1510. The first kappa shape index (κ1) is 26.9. The van der Waals surface area contributed by atoms with Crippen LogP contribution >= 0.6 is 0 Å². The molecule has 0 fully saturated rings. The number of benzene rings is 4. The normalized spacial score (nSPS) is 14.1. The lowest BCUT2D eigenvalue weighted by Gasteiger charge is -2.09. The van der Waals surface area contributed by atoms with Crippen LogP contribution in [0.4, 0.5) is 0 Å². The molecule has 0 aliphatic heterocycles. The number of carbonyl (C=O) groups excluding carboxylic acids is 2. The van der Waals surface area contributed by atoms with Gasteiger partial charge in [0.15, 0.2) is 5.78 Å². The third-order valence-electron chi connectivity index (χ3n) is 7.08. The Balaban J connectivity index is 0.000000164. The van der Waals surface area contributed by atoms with E-state index in [4.69, 9.17) is 14.2 Å². The highest BCUT2D eigenvalue weighted by molar-refractivity contribution is 6.00. The summed E-state index contributed by atoms with van der Waals surface area (Å²) in [6.45, 7) is 1.07. The third-order valence-corrected chi connectivity index (χ3v) is 7.08. The van der Waals surface area contributed by atoms with Gasteiger partial charge < -0.3 is 14.2 Å². The number of methoxy groups -OCH3 is 1. The molecule has 2 aliphatic carbocycles. The molecule has 0 radical (unpaired) electrons. The highest BCUT2D eigenvalue weighted by Gasteiger charge is 2.20. The number of hydrogen-bond acceptors (Lipinski definition) is 5. The molecular formula is C35H32O5. The molecule has 4 aromatic carbocycles. The van der Waals surface area contributed by atoms with Crippen molar-refractivity contribution in [3.8, 4) is 11.5 Å². The molecule has 0 heterocycles. The van der Waals surface area contributed by atoms with Gasteiger partial charge in [-0.15, -0.1) is 0 Å². The SMILES string of the molecule is COC(=O)C=C1CCc2ccc(OCc3ccccc3)cc21.O=C1CCc2ccc(OCc3ccccc3)cc21. The number of ether oxygens (including phenoxy) is 3. The summed E-state index contributed by atoms with van der Waals surface area (Å²) in [4.78, 5) is 23.1. The van der Waals surface area contributed by atoms with Crippen LogP contribution in [0, 0.1) is 0 Å². The molecule has 0 saturated heterocycles. The lowest BCUT2D eigenvalue weighted by atomic mass is 10.1. The zero-order chi connectivity index (χ0) is 27.7. The summed E-state index contributed by atoms with van der Waals surface area (Å²) in [6, 6.07) is 32.0. The summed E-state index contributed by atoms with van der Waals surface area (Å²) in [7, 11) is 1.40. The molecule has 40 heavy (non-hydrogen) atoms. The van der Waals surface area contributed by atoms with Crippen LogP contribution in [0.1, 0.15) is 51.0 Å². The smallest absolute Gasteiger partial charge is 0.330 e. The van der Waals surface area contributed by atoms with Gasteiger partial charge >= 0.3 is 5.97 Å². The predicted octanol–water partition coefficient (Wildman–Crippen LogP) is 7.16. The van der Waals surface area contributed by atoms with Crippen LogP contribution in [0.15, 0.2) is 103 Å². The number of hydrogen-bond donors (Lipinski definition) is 0. The Hall–Kier alpha value is -4.64. The second-order valence-electron chi connectivity index (χ2n) is 9.80. The summed E-state index contributed by atoms with van der Waals surface area (Å²) in [6.07, 6.45) is 4.90. The van der Waals surface area contributed by atoms with Gasteiger partial charge in [-0.3, -0.25) is 4.79 Å². The van der Waals surface area contributed by atoms with E-state index in [1.54, 1.807) is 6.08 Å². The number of carbonyl (C=O) groups is 2. The van der Waals surface area contributed by atoms with E-state index in [9.17, 15) is 9.59 Å². The lowest BCUT2D eigenvalue weighted by molar-refractivity contribution is -0.134. The number of esters is 1. The topological polar surface area (TPSA) is 61.8 Å². The molecule has 6 rings (SSSR count). The maximum atomic E-state index is 11.6. The van der Waals surface area contributed by atoms with Crippen LogP contribution in [-0.4, -0.2) is 18.9 Å². The summed E-state index contributed by atoms with van der Waals surface area (Å²) in [5, 5.41) is 0.